The quantitative estimate of drug-likeness (QED) is 0.613. The van der Waals surface area contributed by atoms with Crippen LogP contribution in [0.15, 0.2) is 0 Å². The van der Waals surface area contributed by atoms with Crippen LogP contribution in [0.3, 0.4) is 0 Å². The van der Waals surface area contributed by atoms with Gasteiger partial charge >= 0.3 is 0 Å². The molecule has 0 spiro atoms. The Morgan fingerprint density at radius 1 is 0.733 bits per heavy atom. The second-order valence-corrected chi connectivity index (χ2v) is 7.21. The molecule has 1 heterocycles. The fraction of sp³-hybridized carbons (Fsp3) is 1.00. The minimum atomic E-state index is -0.449. The second kappa shape index (κ2) is 3.46. The molecule has 0 saturated carbocycles. The summed E-state index contributed by atoms with van der Waals surface area (Å²) in [6.07, 6.45) is 0.319. The molecule has 2 heteroatoms. The molecule has 2 atom stereocenters. The van der Waals surface area contributed by atoms with Crippen molar-refractivity contribution >= 4 is 0 Å². The first-order valence-corrected chi connectivity index (χ1v) is 5.79. The van der Waals surface area contributed by atoms with Crippen LogP contribution in [0.4, 0.5) is 0 Å². The maximum absolute atomic E-state index is 6.03. The average Bonchev–Trinajstić information content (AvgIpc) is 2.23. The molecule has 0 N–H and O–H groups in total. The van der Waals surface area contributed by atoms with E-state index in [1.54, 1.807) is 0 Å². The Morgan fingerprint density at radius 2 is 1.00 bits per heavy atom. The van der Waals surface area contributed by atoms with Gasteiger partial charge in [-0.2, -0.15) is 0 Å². The summed E-state index contributed by atoms with van der Waals surface area (Å²) in [5.41, 5.74) is 0.234. The molecule has 1 aliphatic rings. The Hall–Kier alpha value is -0.0800. The molecule has 1 rings (SSSR count). The van der Waals surface area contributed by atoms with Gasteiger partial charge in [-0.05, 0) is 24.7 Å². The molecular formula is C13H26O2. The number of ether oxygens (including phenoxy) is 2. The summed E-state index contributed by atoms with van der Waals surface area (Å²) >= 11 is 0. The summed E-state index contributed by atoms with van der Waals surface area (Å²) in [7, 11) is 0. The minimum absolute atomic E-state index is 0.117. The predicted molar refractivity (Wildman–Crippen MR) is 62.7 cm³/mol. The minimum Gasteiger partial charge on any atom is -0.344 e. The molecule has 0 radical (unpaired) electrons. The van der Waals surface area contributed by atoms with E-state index in [4.69, 9.17) is 9.47 Å². The van der Waals surface area contributed by atoms with Gasteiger partial charge in [0, 0.05) is 0 Å². The van der Waals surface area contributed by atoms with E-state index in [0.717, 1.165) is 0 Å². The molecule has 0 aromatic heterocycles. The number of hydrogen-bond donors (Lipinski definition) is 0. The first-order chi connectivity index (χ1) is 6.43. The van der Waals surface area contributed by atoms with Gasteiger partial charge in [-0.1, -0.05) is 41.5 Å². The smallest absolute Gasteiger partial charge is 0.163 e. The van der Waals surface area contributed by atoms with E-state index in [2.05, 4.69) is 41.5 Å². The Bertz CT molecular complexity index is 206. The zero-order valence-corrected chi connectivity index (χ0v) is 11.5. The van der Waals surface area contributed by atoms with Crippen molar-refractivity contribution in [2.75, 3.05) is 0 Å². The maximum Gasteiger partial charge on any atom is 0.163 e. The molecule has 1 aliphatic heterocycles. The van der Waals surface area contributed by atoms with Gasteiger partial charge in [0.05, 0.1) is 12.2 Å². The molecule has 0 amide bonds. The van der Waals surface area contributed by atoms with Crippen LogP contribution in [-0.4, -0.2) is 18.0 Å². The summed E-state index contributed by atoms with van der Waals surface area (Å²) in [6.45, 7) is 17.3. The molecular weight excluding hydrogens is 188 g/mol. The first-order valence-electron chi connectivity index (χ1n) is 5.79. The summed E-state index contributed by atoms with van der Waals surface area (Å²) in [6, 6.07) is 0. The molecule has 0 aliphatic carbocycles. The van der Waals surface area contributed by atoms with Crippen molar-refractivity contribution in [2.45, 2.75) is 73.4 Å². The third kappa shape index (κ3) is 2.94. The van der Waals surface area contributed by atoms with Crippen LogP contribution in [0.1, 0.15) is 55.4 Å². The lowest BCUT2D eigenvalue weighted by Gasteiger charge is -2.36. The first kappa shape index (κ1) is 13.0. The van der Waals surface area contributed by atoms with Crippen LogP contribution in [0.5, 0.6) is 0 Å². The lowest BCUT2D eigenvalue weighted by Crippen LogP contribution is -2.42. The van der Waals surface area contributed by atoms with Crippen molar-refractivity contribution in [2.24, 2.45) is 10.8 Å². The van der Waals surface area contributed by atoms with Crippen LogP contribution >= 0.6 is 0 Å². The molecule has 0 aromatic rings. The highest BCUT2D eigenvalue weighted by Gasteiger charge is 2.50. The third-order valence-electron chi connectivity index (χ3n) is 2.80. The highest BCUT2D eigenvalue weighted by Crippen LogP contribution is 2.44. The van der Waals surface area contributed by atoms with E-state index in [0.29, 0.717) is 0 Å². The van der Waals surface area contributed by atoms with Crippen LogP contribution in [0, 0.1) is 10.8 Å². The summed E-state index contributed by atoms with van der Waals surface area (Å²) in [5, 5.41) is 0. The normalized spacial score (nSPS) is 32.0. The summed E-state index contributed by atoms with van der Waals surface area (Å²) < 4.78 is 12.1. The van der Waals surface area contributed by atoms with Gasteiger partial charge in [-0.3, -0.25) is 0 Å². The van der Waals surface area contributed by atoms with Gasteiger partial charge in [0.1, 0.15) is 0 Å². The van der Waals surface area contributed by atoms with Crippen molar-refractivity contribution in [3.63, 3.8) is 0 Å². The van der Waals surface area contributed by atoms with E-state index in [1.165, 1.54) is 0 Å². The molecule has 1 fully saturated rings. The van der Waals surface area contributed by atoms with E-state index < -0.39 is 5.79 Å². The zero-order valence-electron chi connectivity index (χ0n) is 11.5. The van der Waals surface area contributed by atoms with Crippen molar-refractivity contribution in [3.05, 3.63) is 0 Å². The molecule has 0 aromatic carbocycles. The monoisotopic (exact) mass is 214 g/mol. The lowest BCUT2D eigenvalue weighted by molar-refractivity contribution is -0.159. The maximum atomic E-state index is 6.03. The molecule has 15 heavy (non-hydrogen) atoms. The standard InChI is InChI=1S/C13H26O2/c1-11(2,3)9-10(12(4,5)6)15-13(7,8)14-9/h9-10H,1-8H3. The largest absolute Gasteiger partial charge is 0.344 e. The topological polar surface area (TPSA) is 18.5 Å². The van der Waals surface area contributed by atoms with E-state index >= 15 is 0 Å². The van der Waals surface area contributed by atoms with Crippen molar-refractivity contribution in [1.29, 1.82) is 0 Å². The second-order valence-electron chi connectivity index (χ2n) is 7.21. The third-order valence-corrected chi connectivity index (χ3v) is 2.80. The molecule has 2 nitrogen and oxygen atoms in total. The molecule has 1 saturated heterocycles. The molecule has 0 bridgehead atoms. The van der Waals surface area contributed by atoms with Gasteiger partial charge in [0.15, 0.2) is 5.79 Å². The van der Waals surface area contributed by atoms with Gasteiger partial charge in [-0.15, -0.1) is 0 Å². The lowest BCUT2D eigenvalue weighted by atomic mass is 9.76. The highest BCUT2D eigenvalue weighted by atomic mass is 16.8. The van der Waals surface area contributed by atoms with Crippen LogP contribution in [0.2, 0.25) is 0 Å². The van der Waals surface area contributed by atoms with Crippen LogP contribution in [0.25, 0.3) is 0 Å². The van der Waals surface area contributed by atoms with Gasteiger partial charge < -0.3 is 9.47 Å². The SMILES string of the molecule is CC1(C)OC(C(C)(C)C)C(C(C)(C)C)O1. The zero-order chi connectivity index (χ0) is 12.1. The van der Waals surface area contributed by atoms with E-state index in [-0.39, 0.29) is 23.0 Å². The Labute approximate surface area is 94.3 Å². The average molecular weight is 214 g/mol. The summed E-state index contributed by atoms with van der Waals surface area (Å²) in [5.74, 6) is -0.449. The fourth-order valence-electron chi connectivity index (χ4n) is 2.02. The van der Waals surface area contributed by atoms with Crippen molar-refractivity contribution in [1.82, 2.24) is 0 Å². The predicted octanol–water partition coefficient (Wildman–Crippen LogP) is 3.60. The summed E-state index contributed by atoms with van der Waals surface area (Å²) in [4.78, 5) is 0. The van der Waals surface area contributed by atoms with Gasteiger partial charge in [0.2, 0.25) is 0 Å². The number of rotatable bonds is 0. The highest BCUT2D eigenvalue weighted by molar-refractivity contribution is 4.94. The van der Waals surface area contributed by atoms with Gasteiger partial charge in [-0.25, -0.2) is 0 Å². The fourth-order valence-corrected chi connectivity index (χ4v) is 2.02. The Morgan fingerprint density at radius 3 is 1.20 bits per heavy atom. The van der Waals surface area contributed by atoms with Crippen molar-refractivity contribution in [3.8, 4) is 0 Å². The Balaban J connectivity index is 2.95. The number of hydrogen-bond acceptors (Lipinski definition) is 2. The van der Waals surface area contributed by atoms with E-state index in [9.17, 15) is 0 Å². The Kier molecular flexibility index (Phi) is 2.99. The van der Waals surface area contributed by atoms with Crippen molar-refractivity contribution < 1.29 is 9.47 Å². The van der Waals surface area contributed by atoms with Crippen LogP contribution < -0.4 is 0 Å². The molecule has 90 valence electrons. The van der Waals surface area contributed by atoms with E-state index in [1.807, 2.05) is 13.8 Å². The van der Waals surface area contributed by atoms with Gasteiger partial charge in [0.25, 0.3) is 0 Å². The van der Waals surface area contributed by atoms with Crippen LogP contribution in [-0.2, 0) is 9.47 Å². The molecule has 2 unspecified atom stereocenters.